The average molecular weight is 219 g/mol. The maximum Gasteiger partial charge on any atom is 0.153 e. The van der Waals surface area contributed by atoms with E-state index < -0.39 is 0 Å². The largest absolute Gasteiger partial charge is 0.495 e. The molecule has 0 atom stereocenters. The third kappa shape index (κ3) is 1.76. The lowest BCUT2D eigenvalue weighted by Gasteiger charge is -2.07. The molecule has 2 rings (SSSR count). The van der Waals surface area contributed by atoms with Gasteiger partial charge in [-0.2, -0.15) is 0 Å². The molecule has 0 bridgehead atoms. The van der Waals surface area contributed by atoms with Gasteiger partial charge < -0.3 is 4.74 Å². The van der Waals surface area contributed by atoms with Gasteiger partial charge in [0.15, 0.2) is 6.29 Å². The van der Waals surface area contributed by atoms with Crippen LogP contribution in [0.4, 0.5) is 0 Å². The normalized spacial score (nSPS) is 9.93. The number of hydrogen-bond donors (Lipinski definition) is 0. The van der Waals surface area contributed by atoms with Crippen LogP contribution in [0.5, 0.6) is 5.75 Å². The molecule has 15 heavy (non-hydrogen) atoms. The van der Waals surface area contributed by atoms with Gasteiger partial charge in [0.05, 0.1) is 23.9 Å². The van der Waals surface area contributed by atoms with Gasteiger partial charge in [-0.3, -0.25) is 4.79 Å². The number of methoxy groups -OCH3 is 1. The number of hydrogen-bond acceptors (Lipinski definition) is 4. The molecule has 0 amide bonds. The highest BCUT2D eigenvalue weighted by Gasteiger charge is 2.10. The molecule has 0 aliphatic heterocycles. The molecule has 1 aromatic carbocycles. The standard InChI is InChI=1S/C11H9NO2S/c1-14-11-8(5-13)3-2-4-9(11)10-6-15-7-12-10/h2-7H,1H3. The second-order valence-corrected chi connectivity index (χ2v) is 3.64. The fourth-order valence-electron chi connectivity index (χ4n) is 1.42. The Hall–Kier alpha value is -1.68. The molecule has 3 nitrogen and oxygen atoms in total. The van der Waals surface area contributed by atoms with Gasteiger partial charge in [0, 0.05) is 10.9 Å². The first kappa shape index (κ1) is 9.86. The molecule has 76 valence electrons. The Morgan fingerprint density at radius 1 is 1.47 bits per heavy atom. The van der Waals surface area contributed by atoms with Crippen LogP contribution < -0.4 is 4.74 Å². The van der Waals surface area contributed by atoms with Crippen molar-refractivity contribution in [1.82, 2.24) is 4.98 Å². The minimum atomic E-state index is 0.544. The van der Waals surface area contributed by atoms with E-state index in [2.05, 4.69) is 4.98 Å². The smallest absolute Gasteiger partial charge is 0.153 e. The van der Waals surface area contributed by atoms with Crippen molar-refractivity contribution in [3.8, 4) is 17.0 Å². The van der Waals surface area contributed by atoms with Crippen molar-refractivity contribution < 1.29 is 9.53 Å². The van der Waals surface area contributed by atoms with Gasteiger partial charge >= 0.3 is 0 Å². The lowest BCUT2D eigenvalue weighted by molar-refractivity contribution is 0.112. The number of carbonyl (C=O) groups excluding carboxylic acids is 1. The van der Waals surface area contributed by atoms with E-state index in [-0.39, 0.29) is 0 Å². The van der Waals surface area contributed by atoms with E-state index >= 15 is 0 Å². The predicted octanol–water partition coefficient (Wildman–Crippen LogP) is 2.63. The van der Waals surface area contributed by atoms with E-state index in [9.17, 15) is 4.79 Å². The van der Waals surface area contributed by atoms with Gasteiger partial charge in [0.2, 0.25) is 0 Å². The average Bonchev–Trinajstić information content (AvgIpc) is 2.81. The van der Waals surface area contributed by atoms with E-state index in [0.717, 1.165) is 17.5 Å². The maximum atomic E-state index is 10.8. The Labute approximate surface area is 91.4 Å². The predicted molar refractivity (Wildman–Crippen MR) is 59.5 cm³/mol. The van der Waals surface area contributed by atoms with E-state index in [0.29, 0.717) is 11.3 Å². The Kier molecular flexibility index (Phi) is 2.78. The van der Waals surface area contributed by atoms with Crippen LogP contribution in [0, 0.1) is 0 Å². The van der Waals surface area contributed by atoms with Crippen LogP contribution in [0.1, 0.15) is 10.4 Å². The van der Waals surface area contributed by atoms with Gasteiger partial charge in [-0.15, -0.1) is 11.3 Å². The number of thiazole rings is 1. The van der Waals surface area contributed by atoms with Crippen LogP contribution in [-0.4, -0.2) is 18.4 Å². The van der Waals surface area contributed by atoms with Crippen molar-refractivity contribution in [2.45, 2.75) is 0 Å². The lowest BCUT2D eigenvalue weighted by atomic mass is 10.1. The summed E-state index contributed by atoms with van der Waals surface area (Å²) < 4.78 is 5.22. The Morgan fingerprint density at radius 2 is 2.33 bits per heavy atom. The third-order valence-electron chi connectivity index (χ3n) is 2.08. The van der Waals surface area contributed by atoms with E-state index in [1.54, 1.807) is 18.7 Å². The molecule has 0 aliphatic carbocycles. The summed E-state index contributed by atoms with van der Waals surface area (Å²) in [6.07, 6.45) is 0.786. The molecular weight excluding hydrogens is 210 g/mol. The molecule has 0 saturated heterocycles. The zero-order valence-electron chi connectivity index (χ0n) is 8.14. The van der Waals surface area contributed by atoms with Crippen molar-refractivity contribution in [2.24, 2.45) is 0 Å². The number of aldehydes is 1. The van der Waals surface area contributed by atoms with Crippen molar-refractivity contribution >= 4 is 17.6 Å². The fourth-order valence-corrected chi connectivity index (χ4v) is 1.97. The number of ether oxygens (including phenoxy) is 1. The van der Waals surface area contributed by atoms with E-state index in [4.69, 9.17) is 4.74 Å². The monoisotopic (exact) mass is 219 g/mol. The molecule has 2 aromatic rings. The molecule has 0 N–H and O–H groups in total. The molecule has 0 saturated carbocycles. The summed E-state index contributed by atoms with van der Waals surface area (Å²) in [6.45, 7) is 0. The summed E-state index contributed by atoms with van der Waals surface area (Å²) >= 11 is 1.51. The molecule has 1 aromatic heterocycles. The van der Waals surface area contributed by atoms with Crippen LogP contribution in [0.15, 0.2) is 29.1 Å². The first-order chi connectivity index (χ1) is 7.36. The number of nitrogens with zero attached hydrogens (tertiary/aromatic N) is 1. The zero-order chi connectivity index (χ0) is 10.7. The van der Waals surface area contributed by atoms with Crippen LogP contribution in [0.25, 0.3) is 11.3 Å². The highest BCUT2D eigenvalue weighted by atomic mass is 32.1. The highest BCUT2D eigenvalue weighted by Crippen LogP contribution is 2.31. The Balaban J connectivity index is 2.61. The van der Waals surface area contributed by atoms with Gasteiger partial charge in [-0.25, -0.2) is 4.98 Å². The Bertz CT molecular complexity index is 465. The molecule has 0 spiro atoms. The van der Waals surface area contributed by atoms with Crippen molar-refractivity contribution in [3.63, 3.8) is 0 Å². The van der Waals surface area contributed by atoms with Crippen LogP contribution >= 0.6 is 11.3 Å². The summed E-state index contributed by atoms with van der Waals surface area (Å²) in [6, 6.07) is 5.43. The van der Waals surface area contributed by atoms with Crippen LogP contribution in [0.2, 0.25) is 0 Å². The summed E-state index contributed by atoms with van der Waals surface area (Å²) in [5.74, 6) is 0.582. The number of benzene rings is 1. The minimum absolute atomic E-state index is 0.544. The van der Waals surface area contributed by atoms with E-state index in [1.807, 2.05) is 17.5 Å². The van der Waals surface area contributed by atoms with Gasteiger partial charge in [-0.05, 0) is 12.1 Å². The molecule has 4 heteroatoms. The second-order valence-electron chi connectivity index (χ2n) is 2.92. The summed E-state index contributed by atoms with van der Waals surface area (Å²) in [7, 11) is 1.55. The molecule has 0 radical (unpaired) electrons. The summed E-state index contributed by atoms with van der Waals surface area (Å²) in [5, 5.41) is 1.92. The van der Waals surface area contributed by atoms with Gasteiger partial charge in [0.1, 0.15) is 5.75 Å². The van der Waals surface area contributed by atoms with Crippen molar-refractivity contribution in [3.05, 3.63) is 34.7 Å². The molecule has 0 fully saturated rings. The fraction of sp³-hybridized carbons (Fsp3) is 0.0909. The number of rotatable bonds is 3. The highest BCUT2D eigenvalue weighted by molar-refractivity contribution is 7.07. The third-order valence-corrected chi connectivity index (χ3v) is 2.67. The van der Waals surface area contributed by atoms with Crippen molar-refractivity contribution in [2.75, 3.05) is 7.11 Å². The quantitative estimate of drug-likeness (QED) is 0.745. The van der Waals surface area contributed by atoms with Crippen LogP contribution in [0.3, 0.4) is 0 Å². The SMILES string of the molecule is COc1c(C=O)cccc1-c1cscn1. The minimum Gasteiger partial charge on any atom is -0.495 e. The van der Waals surface area contributed by atoms with Crippen molar-refractivity contribution in [1.29, 1.82) is 0 Å². The first-order valence-corrected chi connectivity index (χ1v) is 5.32. The zero-order valence-corrected chi connectivity index (χ0v) is 8.95. The molecule has 0 aliphatic rings. The molecule has 1 heterocycles. The topological polar surface area (TPSA) is 39.2 Å². The van der Waals surface area contributed by atoms with Gasteiger partial charge in [0.25, 0.3) is 0 Å². The number of carbonyl (C=O) groups is 1. The second kappa shape index (κ2) is 4.23. The summed E-state index contributed by atoms with van der Waals surface area (Å²) in [4.78, 5) is 15.0. The molecular formula is C11H9NO2S. The van der Waals surface area contributed by atoms with E-state index in [1.165, 1.54) is 11.3 Å². The van der Waals surface area contributed by atoms with Gasteiger partial charge in [-0.1, -0.05) is 6.07 Å². The van der Waals surface area contributed by atoms with Crippen LogP contribution in [-0.2, 0) is 0 Å². The number of aromatic nitrogens is 1. The summed E-state index contributed by atoms with van der Waals surface area (Å²) in [5.41, 5.74) is 3.98. The lowest BCUT2D eigenvalue weighted by Crippen LogP contribution is -1.93. The first-order valence-electron chi connectivity index (χ1n) is 4.37. The molecule has 0 unspecified atom stereocenters. The number of para-hydroxylation sites is 1. The Morgan fingerprint density at radius 3 is 2.93 bits per heavy atom. The maximum absolute atomic E-state index is 10.8.